The summed E-state index contributed by atoms with van der Waals surface area (Å²) < 4.78 is 0. The second-order valence-electron chi connectivity index (χ2n) is 5.68. The lowest BCUT2D eigenvalue weighted by Crippen LogP contribution is -2.32. The van der Waals surface area contributed by atoms with Gasteiger partial charge in [0.1, 0.15) is 0 Å². The van der Waals surface area contributed by atoms with Gasteiger partial charge in [-0.25, -0.2) is 0 Å². The Morgan fingerprint density at radius 2 is 2.05 bits per heavy atom. The van der Waals surface area contributed by atoms with Crippen LogP contribution in [0, 0.1) is 22.7 Å². The summed E-state index contributed by atoms with van der Waals surface area (Å²) in [4.78, 5) is 3.96. The highest BCUT2D eigenvalue weighted by Crippen LogP contribution is 2.47. The zero-order valence-corrected chi connectivity index (χ0v) is 11.5. The van der Waals surface area contributed by atoms with E-state index in [-0.39, 0.29) is 0 Å². The van der Waals surface area contributed by atoms with Crippen molar-refractivity contribution >= 4 is 0 Å². The van der Waals surface area contributed by atoms with Crippen molar-refractivity contribution in [1.29, 1.82) is 5.26 Å². The Balaban J connectivity index is 2.10. The maximum atomic E-state index is 10.6. The van der Waals surface area contributed by atoms with E-state index < -0.39 is 11.5 Å². The highest BCUT2D eigenvalue weighted by molar-refractivity contribution is 5.21. The third-order valence-electron chi connectivity index (χ3n) is 4.46. The van der Waals surface area contributed by atoms with E-state index in [1.165, 1.54) is 12.8 Å². The molecule has 1 saturated carbocycles. The maximum Gasteiger partial charge on any atom is 0.0977 e. The van der Waals surface area contributed by atoms with Gasteiger partial charge in [0.05, 0.1) is 17.6 Å². The first-order valence-electron chi connectivity index (χ1n) is 7.21. The summed E-state index contributed by atoms with van der Waals surface area (Å²) in [6, 6.07) is 6.02. The Hall–Kier alpha value is -1.40. The molecule has 0 aromatic carbocycles. The average Bonchev–Trinajstić information content (AvgIpc) is 2.49. The maximum absolute atomic E-state index is 10.6. The number of rotatable bonds is 4. The largest absolute Gasteiger partial charge is 0.387 e. The molecule has 1 atom stereocenters. The minimum absolute atomic E-state index is 0.606. The van der Waals surface area contributed by atoms with E-state index in [9.17, 15) is 10.4 Å². The van der Waals surface area contributed by atoms with Crippen LogP contribution in [0.25, 0.3) is 0 Å². The molecule has 1 fully saturated rings. The van der Waals surface area contributed by atoms with E-state index in [0.29, 0.717) is 0 Å². The lowest BCUT2D eigenvalue weighted by Gasteiger charge is -2.38. The Bertz CT molecular complexity index is 430. The van der Waals surface area contributed by atoms with Crippen LogP contribution in [0.2, 0.25) is 0 Å². The molecule has 1 aromatic rings. The molecule has 19 heavy (non-hydrogen) atoms. The fourth-order valence-corrected chi connectivity index (χ4v) is 3.20. The number of hydrogen-bond donors (Lipinski definition) is 1. The van der Waals surface area contributed by atoms with Gasteiger partial charge in [-0.3, -0.25) is 4.98 Å². The number of aliphatic hydroxyl groups excluding tert-OH is 1. The molecule has 1 heterocycles. The second-order valence-corrected chi connectivity index (χ2v) is 5.68. The van der Waals surface area contributed by atoms with Gasteiger partial charge in [0.15, 0.2) is 0 Å². The van der Waals surface area contributed by atoms with Crippen molar-refractivity contribution in [1.82, 2.24) is 4.98 Å². The summed E-state index contributed by atoms with van der Waals surface area (Å²) in [6.45, 7) is 2.21. The predicted molar refractivity (Wildman–Crippen MR) is 74.1 cm³/mol. The second kappa shape index (κ2) is 6.16. The molecular formula is C16H22N2O. The van der Waals surface area contributed by atoms with Crippen LogP contribution in [0.1, 0.15) is 57.1 Å². The van der Waals surface area contributed by atoms with Crippen molar-refractivity contribution in [2.45, 2.75) is 51.6 Å². The molecule has 102 valence electrons. The highest BCUT2D eigenvalue weighted by atomic mass is 16.3. The number of aliphatic hydroxyl groups is 1. The van der Waals surface area contributed by atoms with E-state index in [1.807, 2.05) is 12.1 Å². The lowest BCUT2D eigenvalue weighted by atomic mass is 9.66. The summed E-state index contributed by atoms with van der Waals surface area (Å²) >= 11 is 0. The summed E-state index contributed by atoms with van der Waals surface area (Å²) in [5.41, 5.74) is 0.205. The van der Waals surface area contributed by atoms with Crippen LogP contribution < -0.4 is 0 Å². The summed E-state index contributed by atoms with van der Waals surface area (Å²) in [5, 5.41) is 20.1. The lowest BCUT2D eigenvalue weighted by molar-refractivity contribution is 0.0236. The smallest absolute Gasteiger partial charge is 0.0977 e. The van der Waals surface area contributed by atoms with Crippen LogP contribution >= 0.6 is 0 Å². The van der Waals surface area contributed by atoms with E-state index in [0.717, 1.165) is 37.2 Å². The van der Waals surface area contributed by atoms with Gasteiger partial charge >= 0.3 is 0 Å². The normalized spacial score (nSPS) is 28.6. The quantitative estimate of drug-likeness (QED) is 0.897. The Morgan fingerprint density at radius 1 is 1.42 bits per heavy atom. The number of pyridine rings is 1. The third kappa shape index (κ3) is 2.96. The summed E-state index contributed by atoms with van der Waals surface area (Å²) in [7, 11) is 0. The molecule has 3 heteroatoms. The standard InChI is InChI=1S/C16H22N2O/c1-2-3-13-4-8-16(12-17,9-5-13)15(19)14-6-10-18-11-7-14/h6-7,10-11,13,15,19H,2-5,8-9H2,1H3. The van der Waals surface area contributed by atoms with Crippen molar-refractivity contribution in [3.05, 3.63) is 30.1 Å². The molecular weight excluding hydrogens is 236 g/mol. The molecule has 0 saturated heterocycles. The minimum Gasteiger partial charge on any atom is -0.387 e. The molecule has 2 rings (SSSR count). The first-order chi connectivity index (χ1) is 9.22. The van der Waals surface area contributed by atoms with E-state index in [1.54, 1.807) is 12.4 Å². The van der Waals surface area contributed by atoms with Gasteiger partial charge in [-0.15, -0.1) is 0 Å². The fraction of sp³-hybridized carbons (Fsp3) is 0.625. The SMILES string of the molecule is CCCC1CCC(C#N)(C(O)c2ccncc2)CC1. The Labute approximate surface area is 115 Å². The first kappa shape index (κ1) is 14.0. The van der Waals surface area contributed by atoms with E-state index in [4.69, 9.17) is 0 Å². The van der Waals surface area contributed by atoms with Crippen molar-refractivity contribution in [3.63, 3.8) is 0 Å². The molecule has 0 aliphatic heterocycles. The van der Waals surface area contributed by atoms with Gasteiger partial charge in [-0.2, -0.15) is 5.26 Å². The molecule has 1 aliphatic carbocycles. The molecule has 0 spiro atoms. The van der Waals surface area contributed by atoms with Gasteiger partial charge in [-0.1, -0.05) is 19.8 Å². The average molecular weight is 258 g/mol. The van der Waals surface area contributed by atoms with Crippen LogP contribution in [0.15, 0.2) is 24.5 Å². The molecule has 1 unspecified atom stereocenters. The summed E-state index contributed by atoms with van der Waals surface area (Å²) in [6.07, 6.45) is 8.83. The van der Waals surface area contributed by atoms with Crippen LogP contribution in [-0.4, -0.2) is 10.1 Å². The molecule has 1 aliphatic rings. The van der Waals surface area contributed by atoms with Crippen molar-refractivity contribution in [2.24, 2.45) is 11.3 Å². The van der Waals surface area contributed by atoms with Gasteiger partial charge in [-0.05, 0) is 49.3 Å². The van der Waals surface area contributed by atoms with Crippen molar-refractivity contribution in [3.8, 4) is 6.07 Å². The fourth-order valence-electron chi connectivity index (χ4n) is 3.20. The first-order valence-corrected chi connectivity index (χ1v) is 7.21. The minimum atomic E-state index is -0.692. The molecule has 1 aromatic heterocycles. The zero-order valence-electron chi connectivity index (χ0n) is 11.5. The van der Waals surface area contributed by atoms with Crippen molar-refractivity contribution < 1.29 is 5.11 Å². The molecule has 1 N–H and O–H groups in total. The summed E-state index contributed by atoms with van der Waals surface area (Å²) in [5.74, 6) is 0.733. The Morgan fingerprint density at radius 3 is 2.58 bits per heavy atom. The number of nitriles is 1. The van der Waals surface area contributed by atoms with E-state index >= 15 is 0 Å². The predicted octanol–water partition coefficient (Wildman–Crippen LogP) is 3.62. The zero-order chi connectivity index (χ0) is 13.7. The molecule has 3 nitrogen and oxygen atoms in total. The van der Waals surface area contributed by atoms with Crippen LogP contribution in [-0.2, 0) is 0 Å². The van der Waals surface area contributed by atoms with Crippen LogP contribution in [0.4, 0.5) is 0 Å². The topological polar surface area (TPSA) is 56.9 Å². The molecule has 0 bridgehead atoms. The van der Waals surface area contributed by atoms with Gasteiger partial charge < -0.3 is 5.11 Å². The van der Waals surface area contributed by atoms with Crippen molar-refractivity contribution in [2.75, 3.05) is 0 Å². The van der Waals surface area contributed by atoms with Gasteiger partial charge in [0.2, 0.25) is 0 Å². The monoisotopic (exact) mass is 258 g/mol. The molecule has 0 radical (unpaired) electrons. The number of hydrogen-bond acceptors (Lipinski definition) is 3. The van der Waals surface area contributed by atoms with Gasteiger partial charge in [0.25, 0.3) is 0 Å². The highest BCUT2D eigenvalue weighted by Gasteiger charge is 2.42. The van der Waals surface area contributed by atoms with Crippen LogP contribution in [0.3, 0.4) is 0 Å². The number of aromatic nitrogens is 1. The molecule has 0 amide bonds. The van der Waals surface area contributed by atoms with E-state index in [2.05, 4.69) is 18.0 Å². The third-order valence-corrected chi connectivity index (χ3v) is 4.46. The number of nitrogens with zero attached hydrogens (tertiary/aromatic N) is 2. The Kier molecular flexibility index (Phi) is 4.55. The van der Waals surface area contributed by atoms with Gasteiger partial charge in [0, 0.05) is 12.4 Å². The van der Waals surface area contributed by atoms with Crippen LogP contribution in [0.5, 0.6) is 0 Å².